The highest BCUT2D eigenvalue weighted by Gasteiger charge is 2.33. The van der Waals surface area contributed by atoms with Gasteiger partial charge in [0.1, 0.15) is 16.5 Å². The second-order valence-corrected chi connectivity index (χ2v) is 7.32. The van der Waals surface area contributed by atoms with Crippen LogP contribution in [0.3, 0.4) is 0 Å². The summed E-state index contributed by atoms with van der Waals surface area (Å²) in [6.45, 7) is 0.231. The molecule has 0 unspecified atom stereocenters. The average Bonchev–Trinajstić information content (AvgIpc) is 2.66. The summed E-state index contributed by atoms with van der Waals surface area (Å²) in [6.07, 6.45) is -0.502. The Hall–Kier alpha value is -2.68. The van der Waals surface area contributed by atoms with E-state index in [1.54, 1.807) is 12.1 Å². The van der Waals surface area contributed by atoms with E-state index in [0.717, 1.165) is 5.56 Å². The predicted molar refractivity (Wildman–Crippen MR) is 103 cm³/mol. The van der Waals surface area contributed by atoms with Gasteiger partial charge in [0, 0.05) is 13.0 Å². The Bertz CT molecular complexity index is 878. The largest absolute Gasteiger partial charge is 0.508 e. The summed E-state index contributed by atoms with van der Waals surface area (Å²) >= 11 is 3.15. The highest BCUT2D eigenvalue weighted by molar-refractivity contribution is 9.10. The predicted octanol–water partition coefficient (Wildman–Crippen LogP) is 2.21. The number of rotatable bonds is 5. The summed E-state index contributed by atoms with van der Waals surface area (Å²) in [5, 5.41) is 9.30. The Balaban J connectivity index is 1.61. The van der Waals surface area contributed by atoms with Gasteiger partial charge in [-0.05, 0) is 39.7 Å². The van der Waals surface area contributed by atoms with E-state index in [1.165, 1.54) is 29.3 Å². The summed E-state index contributed by atoms with van der Waals surface area (Å²) < 4.78 is 20.7. The molecule has 1 fully saturated rings. The number of carbonyl (C=O) groups is 2. The van der Waals surface area contributed by atoms with Gasteiger partial charge in [0.15, 0.2) is 11.9 Å². The number of carbonyl (C=O) groups excluding carboxylic acids is 2. The maximum atomic E-state index is 14.7. The number of nitrogens with zero attached hydrogens (tertiary/aromatic N) is 2. The lowest BCUT2D eigenvalue weighted by molar-refractivity contribution is -0.134. The smallest absolute Gasteiger partial charge is 0.252 e. The van der Waals surface area contributed by atoms with Crippen LogP contribution in [0.15, 0.2) is 41.1 Å². The molecule has 0 bridgehead atoms. The Morgan fingerprint density at radius 2 is 2.07 bits per heavy atom. The van der Waals surface area contributed by atoms with E-state index in [9.17, 15) is 19.1 Å². The van der Waals surface area contributed by atoms with Crippen molar-refractivity contribution in [1.29, 1.82) is 0 Å². The van der Waals surface area contributed by atoms with Crippen LogP contribution in [-0.2, 0) is 11.2 Å². The second kappa shape index (κ2) is 8.55. The number of piperidine rings is 1. The Kier molecular flexibility index (Phi) is 6.13. The first-order valence-electron chi connectivity index (χ1n) is 8.65. The van der Waals surface area contributed by atoms with Crippen LogP contribution in [0.25, 0.3) is 0 Å². The molecule has 2 amide bonds. The molecule has 3 N–H and O–H groups in total. The Labute approximate surface area is 169 Å². The minimum absolute atomic E-state index is 0.0998. The topological polar surface area (TPSA) is 106 Å². The molecule has 2 aromatic rings. The summed E-state index contributed by atoms with van der Waals surface area (Å²) in [6, 6.07) is 7.73. The van der Waals surface area contributed by atoms with Gasteiger partial charge in [-0.1, -0.05) is 12.1 Å². The van der Waals surface area contributed by atoms with Crippen LogP contribution < -0.4 is 10.5 Å². The zero-order valence-electron chi connectivity index (χ0n) is 14.8. The minimum atomic E-state index is -1.41. The molecule has 0 saturated carbocycles. The molecular weight excluding hydrogens is 433 g/mol. The number of alkyl halides is 1. The summed E-state index contributed by atoms with van der Waals surface area (Å²) in [7, 11) is 0. The number of amides is 2. The first-order chi connectivity index (χ1) is 13.3. The minimum Gasteiger partial charge on any atom is -0.508 e. The number of aromatic hydroxyl groups is 1. The standard InChI is InChI=1S/C19H19BrFN3O4/c20-17-8-13(19(22)27)16(9-23-17)28-15-5-6-24(10-14(15)21)18(26)7-11-1-3-12(25)4-2-11/h1-4,8-9,14-15,25H,5-7,10H2,(H2,22,27)/t14-,15-/m0/s1. The fraction of sp³-hybridized carbons (Fsp3) is 0.316. The van der Waals surface area contributed by atoms with Gasteiger partial charge in [-0.2, -0.15) is 0 Å². The number of phenols is 1. The van der Waals surface area contributed by atoms with Crippen molar-refractivity contribution in [3.8, 4) is 11.5 Å². The SMILES string of the molecule is NC(=O)c1cc(Br)ncc1O[C@H]1CCN(C(=O)Cc2ccc(O)cc2)C[C@@H]1F. The van der Waals surface area contributed by atoms with E-state index >= 15 is 0 Å². The van der Waals surface area contributed by atoms with Gasteiger partial charge in [0.05, 0.1) is 24.7 Å². The molecule has 1 saturated heterocycles. The molecule has 1 aliphatic rings. The molecule has 7 nitrogen and oxygen atoms in total. The van der Waals surface area contributed by atoms with Gasteiger partial charge in [-0.15, -0.1) is 0 Å². The second-order valence-electron chi connectivity index (χ2n) is 6.51. The number of hydrogen-bond donors (Lipinski definition) is 2. The lowest BCUT2D eigenvalue weighted by Crippen LogP contribution is -2.49. The molecule has 9 heteroatoms. The molecule has 0 radical (unpaired) electrons. The van der Waals surface area contributed by atoms with Crippen LogP contribution in [0.5, 0.6) is 11.5 Å². The van der Waals surface area contributed by atoms with Crippen molar-refractivity contribution in [2.24, 2.45) is 5.73 Å². The molecule has 148 valence electrons. The molecule has 2 atom stereocenters. The van der Waals surface area contributed by atoms with Gasteiger partial charge >= 0.3 is 0 Å². The average molecular weight is 452 g/mol. The summed E-state index contributed by atoms with van der Waals surface area (Å²) in [5.74, 6) is -0.659. The molecular formula is C19H19BrFN3O4. The van der Waals surface area contributed by atoms with E-state index < -0.39 is 18.2 Å². The van der Waals surface area contributed by atoms with Gasteiger partial charge in [0.25, 0.3) is 5.91 Å². The van der Waals surface area contributed by atoms with Gasteiger partial charge < -0.3 is 20.5 Å². The van der Waals surface area contributed by atoms with Crippen molar-refractivity contribution < 1.29 is 23.8 Å². The van der Waals surface area contributed by atoms with Crippen molar-refractivity contribution >= 4 is 27.7 Å². The summed E-state index contributed by atoms with van der Waals surface area (Å²) in [4.78, 5) is 29.4. The Morgan fingerprint density at radius 1 is 1.36 bits per heavy atom. The molecule has 1 aliphatic heterocycles. The highest BCUT2D eigenvalue weighted by atomic mass is 79.9. The van der Waals surface area contributed by atoms with E-state index in [-0.39, 0.29) is 42.4 Å². The van der Waals surface area contributed by atoms with Crippen LogP contribution >= 0.6 is 15.9 Å². The Morgan fingerprint density at radius 3 is 2.71 bits per heavy atom. The van der Waals surface area contributed by atoms with Gasteiger partial charge in [-0.25, -0.2) is 9.37 Å². The number of nitrogens with two attached hydrogens (primary N) is 1. The number of ether oxygens (including phenoxy) is 1. The number of hydrogen-bond acceptors (Lipinski definition) is 5. The zero-order valence-corrected chi connectivity index (χ0v) is 16.4. The molecule has 28 heavy (non-hydrogen) atoms. The van der Waals surface area contributed by atoms with E-state index in [0.29, 0.717) is 11.1 Å². The monoisotopic (exact) mass is 451 g/mol. The first-order valence-corrected chi connectivity index (χ1v) is 9.44. The lowest BCUT2D eigenvalue weighted by atomic mass is 10.0. The fourth-order valence-electron chi connectivity index (χ4n) is 3.01. The number of halogens is 2. The van der Waals surface area contributed by atoms with Gasteiger partial charge in [0.2, 0.25) is 5.91 Å². The van der Waals surface area contributed by atoms with Crippen molar-refractivity contribution in [3.05, 3.63) is 52.3 Å². The normalized spacial score (nSPS) is 19.3. The highest BCUT2D eigenvalue weighted by Crippen LogP contribution is 2.26. The number of pyridine rings is 1. The van der Waals surface area contributed by atoms with Crippen LogP contribution in [0.2, 0.25) is 0 Å². The van der Waals surface area contributed by atoms with Crippen molar-refractivity contribution in [2.75, 3.05) is 13.1 Å². The van der Waals surface area contributed by atoms with Crippen LogP contribution in [-0.4, -0.2) is 52.2 Å². The van der Waals surface area contributed by atoms with E-state index in [1.807, 2.05) is 0 Å². The third-order valence-corrected chi connectivity index (χ3v) is 4.94. The molecule has 2 heterocycles. The third kappa shape index (κ3) is 4.78. The number of primary amides is 1. The van der Waals surface area contributed by atoms with Crippen LogP contribution in [0.4, 0.5) is 4.39 Å². The molecule has 1 aromatic carbocycles. The first kappa shape index (κ1) is 20.1. The number of aromatic nitrogens is 1. The molecule has 1 aromatic heterocycles. The van der Waals surface area contributed by atoms with Gasteiger partial charge in [-0.3, -0.25) is 9.59 Å². The maximum Gasteiger partial charge on any atom is 0.252 e. The third-order valence-electron chi connectivity index (χ3n) is 4.50. The number of likely N-dealkylation sites (tertiary alicyclic amines) is 1. The van der Waals surface area contributed by atoms with E-state index in [4.69, 9.17) is 10.5 Å². The number of phenolic OH excluding ortho intramolecular Hbond substituents is 1. The summed E-state index contributed by atoms with van der Waals surface area (Å²) in [5.41, 5.74) is 6.19. The van der Waals surface area contributed by atoms with Crippen molar-refractivity contribution in [3.63, 3.8) is 0 Å². The maximum absolute atomic E-state index is 14.7. The molecule has 0 aliphatic carbocycles. The van der Waals surface area contributed by atoms with E-state index in [2.05, 4.69) is 20.9 Å². The fourth-order valence-corrected chi connectivity index (χ4v) is 3.34. The zero-order chi connectivity index (χ0) is 20.3. The van der Waals surface area contributed by atoms with Crippen LogP contribution in [0, 0.1) is 0 Å². The quantitative estimate of drug-likeness (QED) is 0.677. The molecule has 3 rings (SSSR count). The molecule has 0 spiro atoms. The lowest BCUT2D eigenvalue weighted by Gasteiger charge is -2.35. The van der Waals surface area contributed by atoms with Crippen LogP contribution in [0.1, 0.15) is 22.3 Å². The number of benzene rings is 1. The van der Waals surface area contributed by atoms with Crippen molar-refractivity contribution in [1.82, 2.24) is 9.88 Å². The van der Waals surface area contributed by atoms with Crippen molar-refractivity contribution in [2.45, 2.75) is 25.1 Å².